The third-order valence-corrected chi connectivity index (χ3v) is 3.41. The van der Waals surface area contributed by atoms with Crippen LogP contribution >= 0.6 is 11.6 Å². The zero-order valence-corrected chi connectivity index (χ0v) is 13.0. The van der Waals surface area contributed by atoms with Crippen molar-refractivity contribution >= 4 is 23.3 Å². The number of nitrogens with zero attached hydrogens (tertiary/aromatic N) is 4. The van der Waals surface area contributed by atoms with Crippen LogP contribution in [0.25, 0.3) is 11.3 Å². The minimum atomic E-state index is -0.431. The molecule has 0 spiro atoms. The number of hydrogen-bond acceptors (Lipinski definition) is 5. The van der Waals surface area contributed by atoms with Crippen LogP contribution in [0.1, 0.15) is 23.2 Å². The topological polar surface area (TPSA) is 96.5 Å². The molecular formula is C15H13ClN6O. The number of pyridine rings is 1. The summed E-state index contributed by atoms with van der Waals surface area (Å²) in [5.74, 6) is 0.508. The summed E-state index contributed by atoms with van der Waals surface area (Å²) in [6.45, 7) is 1.90. The van der Waals surface area contributed by atoms with Crippen LogP contribution in [0.4, 0.5) is 5.82 Å². The van der Waals surface area contributed by atoms with Crippen molar-refractivity contribution in [1.29, 1.82) is 0 Å². The lowest BCUT2D eigenvalue weighted by Gasteiger charge is -2.04. The van der Waals surface area contributed by atoms with Gasteiger partial charge in [-0.05, 0) is 12.1 Å². The smallest absolute Gasteiger partial charge is 0.277 e. The summed E-state index contributed by atoms with van der Waals surface area (Å²) in [7, 11) is 0. The van der Waals surface area contributed by atoms with Gasteiger partial charge in [0.2, 0.25) is 0 Å². The Kier molecular flexibility index (Phi) is 4.29. The number of H-pyrrole nitrogens is 1. The molecule has 3 aromatic heterocycles. The number of nitrogens with one attached hydrogen (secondary N) is 2. The maximum Gasteiger partial charge on any atom is 0.277 e. The Hall–Kier alpha value is -2.80. The molecule has 0 aliphatic carbocycles. The lowest BCUT2D eigenvalue weighted by Crippen LogP contribution is -2.16. The third-order valence-electron chi connectivity index (χ3n) is 3.14. The Bertz CT molecular complexity index is 833. The maximum atomic E-state index is 12.3. The molecule has 7 nitrogen and oxygen atoms in total. The van der Waals surface area contributed by atoms with Crippen molar-refractivity contribution in [1.82, 2.24) is 25.1 Å². The van der Waals surface area contributed by atoms with Gasteiger partial charge >= 0.3 is 0 Å². The molecule has 0 atom stereocenters. The molecule has 2 N–H and O–H groups in total. The standard InChI is InChI=1S/C15H13ClN6O/c1-2-12-18-8-10(16)14(19-12)15(23)20-13-7-11(21-22-13)9-3-5-17-6-4-9/h3-8H,2H2,1H3,(H2,20,21,22,23). The molecule has 3 rings (SSSR count). The van der Waals surface area contributed by atoms with Crippen LogP contribution in [0.3, 0.4) is 0 Å². The van der Waals surface area contributed by atoms with Gasteiger partial charge in [-0.1, -0.05) is 18.5 Å². The van der Waals surface area contributed by atoms with E-state index < -0.39 is 5.91 Å². The number of aromatic nitrogens is 5. The highest BCUT2D eigenvalue weighted by molar-refractivity contribution is 6.33. The van der Waals surface area contributed by atoms with Crippen LogP contribution in [0, 0.1) is 0 Å². The van der Waals surface area contributed by atoms with Gasteiger partial charge < -0.3 is 5.32 Å². The summed E-state index contributed by atoms with van der Waals surface area (Å²) < 4.78 is 0. The van der Waals surface area contributed by atoms with E-state index in [2.05, 4.69) is 30.5 Å². The normalized spacial score (nSPS) is 10.5. The van der Waals surface area contributed by atoms with E-state index >= 15 is 0 Å². The summed E-state index contributed by atoms with van der Waals surface area (Å²) in [5.41, 5.74) is 1.82. The van der Waals surface area contributed by atoms with E-state index in [1.54, 1.807) is 18.5 Å². The van der Waals surface area contributed by atoms with Crippen molar-refractivity contribution in [2.45, 2.75) is 13.3 Å². The average molecular weight is 329 g/mol. The lowest BCUT2D eigenvalue weighted by atomic mass is 10.2. The molecule has 0 unspecified atom stereocenters. The van der Waals surface area contributed by atoms with Crippen LogP contribution in [0.15, 0.2) is 36.8 Å². The summed E-state index contributed by atoms with van der Waals surface area (Å²) in [6, 6.07) is 5.41. The van der Waals surface area contributed by atoms with Crippen molar-refractivity contribution in [3.05, 3.63) is 53.3 Å². The monoisotopic (exact) mass is 328 g/mol. The molecule has 3 aromatic rings. The fourth-order valence-electron chi connectivity index (χ4n) is 1.97. The van der Waals surface area contributed by atoms with E-state index in [1.165, 1.54) is 6.20 Å². The summed E-state index contributed by atoms with van der Waals surface area (Å²) in [5, 5.41) is 9.79. The Balaban J connectivity index is 1.80. The van der Waals surface area contributed by atoms with Gasteiger partial charge in [0.1, 0.15) is 5.82 Å². The predicted octanol–water partition coefficient (Wildman–Crippen LogP) is 2.73. The molecule has 0 aromatic carbocycles. The number of carbonyl (C=O) groups is 1. The summed E-state index contributed by atoms with van der Waals surface area (Å²) in [4.78, 5) is 24.4. The Morgan fingerprint density at radius 1 is 1.35 bits per heavy atom. The quantitative estimate of drug-likeness (QED) is 0.767. The van der Waals surface area contributed by atoms with Gasteiger partial charge in [0.25, 0.3) is 5.91 Å². The van der Waals surface area contributed by atoms with Crippen molar-refractivity contribution in [3.8, 4) is 11.3 Å². The fourth-order valence-corrected chi connectivity index (χ4v) is 2.15. The van der Waals surface area contributed by atoms with Gasteiger partial charge in [0.15, 0.2) is 11.5 Å². The zero-order chi connectivity index (χ0) is 16.2. The summed E-state index contributed by atoms with van der Waals surface area (Å²) >= 11 is 5.99. The molecule has 0 fully saturated rings. The zero-order valence-electron chi connectivity index (χ0n) is 12.2. The van der Waals surface area contributed by atoms with Gasteiger partial charge in [0, 0.05) is 30.4 Å². The van der Waals surface area contributed by atoms with Crippen molar-refractivity contribution in [2.24, 2.45) is 0 Å². The molecule has 0 radical (unpaired) electrons. The van der Waals surface area contributed by atoms with E-state index in [0.717, 1.165) is 11.3 Å². The molecular weight excluding hydrogens is 316 g/mol. The second-order valence-corrected chi connectivity index (χ2v) is 5.10. The number of anilines is 1. The van der Waals surface area contributed by atoms with Crippen LogP contribution in [-0.4, -0.2) is 31.1 Å². The number of rotatable bonds is 4. The SMILES string of the molecule is CCc1ncc(Cl)c(C(=O)Nc2cc(-c3ccncc3)[nH]n2)n1. The molecule has 0 bridgehead atoms. The molecule has 116 valence electrons. The first-order chi connectivity index (χ1) is 11.2. The largest absolute Gasteiger partial charge is 0.304 e. The van der Waals surface area contributed by atoms with E-state index in [4.69, 9.17) is 11.6 Å². The first-order valence-corrected chi connectivity index (χ1v) is 7.33. The Morgan fingerprint density at radius 3 is 2.87 bits per heavy atom. The minimum Gasteiger partial charge on any atom is -0.304 e. The van der Waals surface area contributed by atoms with E-state index in [1.807, 2.05) is 19.1 Å². The number of carbonyl (C=O) groups excluding carboxylic acids is 1. The van der Waals surface area contributed by atoms with Crippen LogP contribution in [-0.2, 0) is 6.42 Å². The van der Waals surface area contributed by atoms with Gasteiger partial charge in [-0.2, -0.15) is 5.10 Å². The van der Waals surface area contributed by atoms with E-state index in [-0.39, 0.29) is 10.7 Å². The number of hydrogen-bond donors (Lipinski definition) is 2. The molecule has 0 saturated heterocycles. The van der Waals surface area contributed by atoms with Gasteiger partial charge in [-0.15, -0.1) is 0 Å². The predicted molar refractivity (Wildman–Crippen MR) is 86.2 cm³/mol. The second kappa shape index (κ2) is 6.53. The molecule has 0 saturated carbocycles. The van der Waals surface area contributed by atoms with Crippen molar-refractivity contribution < 1.29 is 4.79 Å². The van der Waals surface area contributed by atoms with E-state index in [0.29, 0.717) is 18.1 Å². The minimum absolute atomic E-state index is 0.131. The average Bonchev–Trinajstić information content (AvgIpc) is 3.04. The number of halogens is 1. The highest BCUT2D eigenvalue weighted by Gasteiger charge is 2.15. The van der Waals surface area contributed by atoms with Gasteiger partial charge in [-0.3, -0.25) is 14.9 Å². The van der Waals surface area contributed by atoms with Crippen LogP contribution in [0.2, 0.25) is 5.02 Å². The number of aromatic amines is 1. The van der Waals surface area contributed by atoms with E-state index in [9.17, 15) is 4.79 Å². The van der Waals surface area contributed by atoms with Crippen molar-refractivity contribution in [3.63, 3.8) is 0 Å². The lowest BCUT2D eigenvalue weighted by molar-refractivity contribution is 0.102. The summed E-state index contributed by atoms with van der Waals surface area (Å²) in [6.07, 6.45) is 5.41. The Morgan fingerprint density at radius 2 is 2.13 bits per heavy atom. The van der Waals surface area contributed by atoms with Gasteiger partial charge in [0.05, 0.1) is 16.9 Å². The first kappa shape index (κ1) is 15.1. The second-order valence-electron chi connectivity index (χ2n) is 4.69. The van der Waals surface area contributed by atoms with Crippen LogP contribution in [0.5, 0.6) is 0 Å². The molecule has 3 heterocycles. The molecule has 0 aliphatic heterocycles. The molecule has 23 heavy (non-hydrogen) atoms. The third kappa shape index (κ3) is 3.35. The van der Waals surface area contributed by atoms with Crippen LogP contribution < -0.4 is 5.32 Å². The highest BCUT2D eigenvalue weighted by atomic mass is 35.5. The fraction of sp³-hybridized carbons (Fsp3) is 0.133. The molecule has 0 aliphatic rings. The number of amides is 1. The molecule has 8 heteroatoms. The number of aryl methyl sites for hydroxylation is 1. The first-order valence-electron chi connectivity index (χ1n) is 6.96. The van der Waals surface area contributed by atoms with Gasteiger partial charge in [-0.25, -0.2) is 9.97 Å². The van der Waals surface area contributed by atoms with Crippen molar-refractivity contribution in [2.75, 3.05) is 5.32 Å². The highest BCUT2D eigenvalue weighted by Crippen LogP contribution is 2.20. The Labute approximate surface area is 137 Å². The molecule has 1 amide bonds. The maximum absolute atomic E-state index is 12.3.